The van der Waals surface area contributed by atoms with Crippen LogP contribution < -0.4 is 0 Å². The molecule has 1 aromatic carbocycles. The molecule has 2 aromatic heterocycles. The average Bonchev–Trinajstić information content (AvgIpc) is 2.71. The highest BCUT2D eigenvalue weighted by molar-refractivity contribution is 5.79. The molecule has 0 aliphatic heterocycles. The van der Waals surface area contributed by atoms with Gasteiger partial charge in [0.15, 0.2) is 0 Å². The van der Waals surface area contributed by atoms with E-state index in [1.165, 1.54) is 0 Å². The second-order valence-electron chi connectivity index (χ2n) is 5.11. The molecular weight excluding hydrogens is 250 g/mol. The van der Waals surface area contributed by atoms with Crippen molar-refractivity contribution in [1.82, 2.24) is 4.98 Å². The van der Waals surface area contributed by atoms with Gasteiger partial charge in [0.2, 0.25) is 0 Å². The Morgan fingerprint density at radius 2 is 1.90 bits per heavy atom. The first kappa shape index (κ1) is 12.9. The maximum atomic E-state index is 10.6. The van der Waals surface area contributed by atoms with Gasteiger partial charge in [-0.25, -0.2) is 0 Å². The lowest BCUT2D eigenvalue weighted by atomic mass is 9.97. The summed E-state index contributed by atoms with van der Waals surface area (Å²) in [6, 6.07) is 9.78. The van der Waals surface area contributed by atoms with Crippen molar-refractivity contribution in [1.29, 1.82) is 0 Å². The van der Waals surface area contributed by atoms with E-state index in [2.05, 4.69) is 4.98 Å². The van der Waals surface area contributed by atoms with Crippen LogP contribution in [0.2, 0.25) is 0 Å². The second kappa shape index (κ2) is 4.76. The SMILES string of the molecule is Cc1oc(C)c(C(O)c2ccc3cccnc3c2)c1C. The summed E-state index contributed by atoms with van der Waals surface area (Å²) in [6.07, 6.45) is 1.08. The van der Waals surface area contributed by atoms with E-state index in [-0.39, 0.29) is 0 Å². The van der Waals surface area contributed by atoms with Gasteiger partial charge >= 0.3 is 0 Å². The lowest BCUT2D eigenvalue weighted by Gasteiger charge is -2.12. The van der Waals surface area contributed by atoms with E-state index in [1.807, 2.05) is 51.1 Å². The van der Waals surface area contributed by atoms with Crippen molar-refractivity contribution >= 4 is 10.9 Å². The summed E-state index contributed by atoms with van der Waals surface area (Å²) < 4.78 is 5.60. The molecule has 3 aromatic rings. The van der Waals surface area contributed by atoms with Gasteiger partial charge in [-0.2, -0.15) is 0 Å². The minimum absolute atomic E-state index is 0.682. The summed E-state index contributed by atoms with van der Waals surface area (Å²) in [6.45, 7) is 5.78. The van der Waals surface area contributed by atoms with Crippen LogP contribution in [0.25, 0.3) is 10.9 Å². The minimum atomic E-state index is -0.682. The number of hydrogen-bond donors (Lipinski definition) is 1. The Hall–Kier alpha value is -2.13. The molecule has 0 fully saturated rings. The molecule has 1 unspecified atom stereocenters. The molecule has 102 valence electrons. The quantitative estimate of drug-likeness (QED) is 0.767. The van der Waals surface area contributed by atoms with Crippen molar-refractivity contribution < 1.29 is 9.52 Å². The Balaban J connectivity index is 2.10. The first-order valence-corrected chi connectivity index (χ1v) is 6.67. The van der Waals surface area contributed by atoms with Crippen LogP contribution in [0.4, 0.5) is 0 Å². The third kappa shape index (κ3) is 2.00. The molecule has 3 rings (SSSR count). The van der Waals surface area contributed by atoms with Gasteiger partial charge < -0.3 is 9.52 Å². The summed E-state index contributed by atoms with van der Waals surface area (Å²) in [5.41, 5.74) is 3.59. The molecule has 0 spiro atoms. The van der Waals surface area contributed by atoms with E-state index < -0.39 is 6.10 Å². The average molecular weight is 267 g/mol. The van der Waals surface area contributed by atoms with Crippen LogP contribution in [0, 0.1) is 20.8 Å². The number of aliphatic hydroxyl groups is 1. The van der Waals surface area contributed by atoms with Crippen molar-refractivity contribution in [3.8, 4) is 0 Å². The fourth-order valence-electron chi connectivity index (χ4n) is 2.63. The highest BCUT2D eigenvalue weighted by atomic mass is 16.3. The molecule has 3 nitrogen and oxygen atoms in total. The van der Waals surface area contributed by atoms with Gasteiger partial charge in [0.25, 0.3) is 0 Å². The number of furan rings is 1. The fraction of sp³-hybridized carbons (Fsp3) is 0.235. The Morgan fingerprint density at radius 1 is 1.10 bits per heavy atom. The molecule has 3 heteroatoms. The van der Waals surface area contributed by atoms with Crippen LogP contribution in [0.1, 0.15) is 34.3 Å². The number of pyridine rings is 1. The Kier molecular flexibility index (Phi) is 3.07. The number of rotatable bonds is 2. The number of fused-ring (bicyclic) bond motifs is 1. The van der Waals surface area contributed by atoms with Crippen molar-refractivity contribution in [2.45, 2.75) is 26.9 Å². The van der Waals surface area contributed by atoms with Crippen LogP contribution in [-0.2, 0) is 0 Å². The number of aryl methyl sites for hydroxylation is 2. The zero-order valence-corrected chi connectivity index (χ0v) is 11.8. The third-order valence-corrected chi connectivity index (χ3v) is 3.84. The number of benzene rings is 1. The van der Waals surface area contributed by atoms with E-state index in [0.717, 1.165) is 39.1 Å². The summed E-state index contributed by atoms with van der Waals surface area (Å²) in [5, 5.41) is 11.7. The molecule has 1 N–H and O–H groups in total. The van der Waals surface area contributed by atoms with Crippen LogP contribution >= 0.6 is 0 Å². The van der Waals surface area contributed by atoms with Crippen LogP contribution in [-0.4, -0.2) is 10.1 Å². The molecule has 20 heavy (non-hydrogen) atoms. The molecule has 1 atom stereocenters. The predicted octanol–water partition coefficient (Wildman–Crippen LogP) is 3.83. The van der Waals surface area contributed by atoms with Gasteiger partial charge in [-0.3, -0.25) is 4.98 Å². The number of nitrogens with zero attached hydrogens (tertiary/aromatic N) is 1. The van der Waals surface area contributed by atoms with Gasteiger partial charge in [0.1, 0.15) is 17.6 Å². The molecule has 0 amide bonds. The van der Waals surface area contributed by atoms with Crippen molar-refractivity contribution in [2.75, 3.05) is 0 Å². The first-order chi connectivity index (χ1) is 9.58. The topological polar surface area (TPSA) is 46.3 Å². The smallest absolute Gasteiger partial charge is 0.108 e. The summed E-state index contributed by atoms with van der Waals surface area (Å²) >= 11 is 0. The maximum absolute atomic E-state index is 10.6. The van der Waals surface area contributed by atoms with Gasteiger partial charge in [-0.05, 0) is 44.0 Å². The van der Waals surface area contributed by atoms with Gasteiger partial charge in [0, 0.05) is 17.1 Å². The second-order valence-corrected chi connectivity index (χ2v) is 5.11. The standard InChI is InChI=1S/C17H17NO2/c1-10-11(2)20-12(3)16(10)17(19)14-7-6-13-5-4-8-18-15(13)9-14/h4-9,17,19H,1-3H3. The number of hydrogen-bond acceptors (Lipinski definition) is 3. The van der Waals surface area contributed by atoms with E-state index in [1.54, 1.807) is 6.20 Å². The molecular formula is C17H17NO2. The zero-order valence-electron chi connectivity index (χ0n) is 11.8. The van der Waals surface area contributed by atoms with E-state index >= 15 is 0 Å². The predicted molar refractivity (Wildman–Crippen MR) is 78.7 cm³/mol. The van der Waals surface area contributed by atoms with E-state index in [0.29, 0.717) is 0 Å². The third-order valence-electron chi connectivity index (χ3n) is 3.84. The van der Waals surface area contributed by atoms with Crippen LogP contribution in [0.5, 0.6) is 0 Å². The zero-order chi connectivity index (χ0) is 14.3. The fourth-order valence-corrected chi connectivity index (χ4v) is 2.63. The van der Waals surface area contributed by atoms with Crippen molar-refractivity contribution in [3.63, 3.8) is 0 Å². The molecule has 0 radical (unpaired) electrons. The molecule has 0 bridgehead atoms. The van der Waals surface area contributed by atoms with E-state index in [9.17, 15) is 5.11 Å². The van der Waals surface area contributed by atoms with Crippen LogP contribution in [0.15, 0.2) is 40.9 Å². The summed E-state index contributed by atoms with van der Waals surface area (Å²) in [5.74, 6) is 1.63. The lowest BCUT2D eigenvalue weighted by Crippen LogP contribution is -2.02. The number of aromatic nitrogens is 1. The lowest BCUT2D eigenvalue weighted by molar-refractivity contribution is 0.217. The Labute approximate surface area is 117 Å². The van der Waals surface area contributed by atoms with Crippen molar-refractivity contribution in [3.05, 3.63) is 64.7 Å². The molecule has 0 saturated carbocycles. The summed E-state index contributed by atoms with van der Waals surface area (Å²) in [7, 11) is 0. The van der Waals surface area contributed by atoms with Crippen LogP contribution in [0.3, 0.4) is 0 Å². The molecule has 2 heterocycles. The van der Waals surface area contributed by atoms with Gasteiger partial charge in [-0.15, -0.1) is 0 Å². The minimum Gasteiger partial charge on any atom is -0.466 e. The highest BCUT2D eigenvalue weighted by Crippen LogP contribution is 2.32. The molecule has 0 aliphatic carbocycles. The van der Waals surface area contributed by atoms with Crippen molar-refractivity contribution in [2.24, 2.45) is 0 Å². The Bertz CT molecular complexity index is 774. The highest BCUT2D eigenvalue weighted by Gasteiger charge is 2.20. The molecule has 0 saturated heterocycles. The monoisotopic (exact) mass is 267 g/mol. The molecule has 0 aliphatic rings. The van der Waals surface area contributed by atoms with E-state index in [4.69, 9.17) is 4.42 Å². The largest absolute Gasteiger partial charge is 0.466 e. The Morgan fingerprint density at radius 3 is 2.60 bits per heavy atom. The maximum Gasteiger partial charge on any atom is 0.108 e. The number of aliphatic hydroxyl groups excluding tert-OH is 1. The normalized spacial score (nSPS) is 12.8. The van der Waals surface area contributed by atoms with Gasteiger partial charge in [0.05, 0.1) is 5.52 Å². The summed E-state index contributed by atoms with van der Waals surface area (Å²) in [4.78, 5) is 4.33. The van der Waals surface area contributed by atoms with Gasteiger partial charge in [-0.1, -0.05) is 18.2 Å². The first-order valence-electron chi connectivity index (χ1n) is 6.67.